The van der Waals surface area contributed by atoms with Gasteiger partial charge in [-0.2, -0.15) is 0 Å². The molecule has 0 saturated carbocycles. The average Bonchev–Trinajstić information content (AvgIpc) is 2.99. The van der Waals surface area contributed by atoms with Gasteiger partial charge in [0.1, 0.15) is 17.0 Å². The van der Waals surface area contributed by atoms with E-state index in [-0.39, 0.29) is 18.1 Å². The summed E-state index contributed by atoms with van der Waals surface area (Å²) in [5, 5.41) is 3.39. The van der Waals surface area contributed by atoms with Crippen LogP contribution in [0.15, 0.2) is 52.9 Å². The number of methoxy groups -OCH3 is 1. The Labute approximate surface area is 144 Å². The molecule has 3 N–H and O–H groups in total. The van der Waals surface area contributed by atoms with Crippen LogP contribution >= 0.6 is 0 Å². The Morgan fingerprint density at radius 2 is 1.96 bits per heavy atom. The molecule has 1 aromatic heterocycles. The van der Waals surface area contributed by atoms with Gasteiger partial charge >= 0.3 is 0 Å². The van der Waals surface area contributed by atoms with Crippen LogP contribution in [0.1, 0.15) is 22.5 Å². The Balaban J connectivity index is 1.75. The summed E-state index contributed by atoms with van der Waals surface area (Å²) in [6.07, 6.45) is 0.801. The highest BCUT2D eigenvalue weighted by Gasteiger charge is 2.20. The smallest absolute Gasteiger partial charge is 0.286 e. The first-order valence-corrected chi connectivity index (χ1v) is 7.82. The summed E-state index contributed by atoms with van der Waals surface area (Å²) in [6.45, 7) is 0. The van der Waals surface area contributed by atoms with E-state index >= 15 is 0 Å². The van der Waals surface area contributed by atoms with Crippen LogP contribution in [0, 0.1) is 0 Å². The zero-order valence-electron chi connectivity index (χ0n) is 13.7. The van der Waals surface area contributed by atoms with Crippen LogP contribution in [-0.2, 0) is 11.2 Å². The van der Waals surface area contributed by atoms with Crippen LogP contribution < -0.4 is 15.8 Å². The molecule has 0 saturated heterocycles. The van der Waals surface area contributed by atoms with Crippen LogP contribution in [0.25, 0.3) is 11.0 Å². The number of amides is 2. The van der Waals surface area contributed by atoms with Gasteiger partial charge in [-0.05, 0) is 36.2 Å². The van der Waals surface area contributed by atoms with Crippen molar-refractivity contribution in [2.75, 3.05) is 12.4 Å². The number of hydrogen-bond donors (Lipinski definition) is 2. The van der Waals surface area contributed by atoms with Crippen molar-refractivity contribution < 1.29 is 18.7 Å². The number of anilines is 1. The summed E-state index contributed by atoms with van der Waals surface area (Å²) >= 11 is 0. The summed E-state index contributed by atoms with van der Waals surface area (Å²) in [4.78, 5) is 23.9. The Hall–Kier alpha value is -3.28. The third-order valence-corrected chi connectivity index (χ3v) is 3.86. The minimum absolute atomic E-state index is 0.0454. The largest absolute Gasteiger partial charge is 0.497 e. The summed E-state index contributed by atoms with van der Waals surface area (Å²) in [6, 6.07) is 14.6. The maximum Gasteiger partial charge on any atom is 0.286 e. The number of carbonyl (C=O) groups is 2. The highest BCUT2D eigenvalue weighted by atomic mass is 16.5. The van der Waals surface area contributed by atoms with Gasteiger partial charge in [-0.1, -0.05) is 24.3 Å². The van der Waals surface area contributed by atoms with E-state index in [1.54, 1.807) is 31.4 Å². The Kier molecular flexibility index (Phi) is 4.70. The molecule has 3 rings (SSSR count). The fourth-order valence-corrected chi connectivity index (χ4v) is 2.63. The van der Waals surface area contributed by atoms with Gasteiger partial charge in [0, 0.05) is 11.8 Å². The van der Waals surface area contributed by atoms with E-state index in [0.717, 1.165) is 11.3 Å². The fourth-order valence-electron chi connectivity index (χ4n) is 2.63. The maximum atomic E-state index is 12.3. The molecule has 2 amide bonds. The molecule has 0 aliphatic heterocycles. The lowest BCUT2D eigenvalue weighted by Crippen LogP contribution is -2.17. The quantitative estimate of drug-likeness (QED) is 0.722. The highest BCUT2D eigenvalue weighted by molar-refractivity contribution is 6.10. The molecule has 6 nitrogen and oxygen atoms in total. The molecule has 0 fully saturated rings. The number of ether oxygens (including phenoxy) is 1. The molecule has 3 aromatic rings. The van der Waals surface area contributed by atoms with Crippen LogP contribution in [0.4, 0.5) is 5.69 Å². The first-order chi connectivity index (χ1) is 12.1. The number of furan rings is 1. The molecular formula is C19H18N2O4. The van der Waals surface area contributed by atoms with Crippen LogP contribution in [0.2, 0.25) is 0 Å². The number of para-hydroxylation sites is 1. The number of carbonyl (C=O) groups excluding carboxylic acids is 2. The maximum absolute atomic E-state index is 12.3. The van der Waals surface area contributed by atoms with Crippen LogP contribution in [-0.4, -0.2) is 18.9 Å². The minimum atomic E-state index is -0.723. The summed E-state index contributed by atoms with van der Waals surface area (Å²) in [5.41, 5.74) is 7.16. The molecule has 0 bridgehead atoms. The lowest BCUT2D eigenvalue weighted by Gasteiger charge is -2.06. The van der Waals surface area contributed by atoms with Gasteiger partial charge in [0.05, 0.1) is 7.11 Å². The molecule has 6 heteroatoms. The second kappa shape index (κ2) is 7.09. The van der Waals surface area contributed by atoms with Crippen LogP contribution in [0.3, 0.4) is 0 Å². The van der Waals surface area contributed by atoms with Crippen LogP contribution in [0.5, 0.6) is 5.75 Å². The molecule has 0 radical (unpaired) electrons. The number of primary amides is 1. The van der Waals surface area contributed by atoms with Crippen molar-refractivity contribution in [1.82, 2.24) is 0 Å². The third kappa shape index (κ3) is 3.63. The van der Waals surface area contributed by atoms with Gasteiger partial charge in [-0.15, -0.1) is 0 Å². The van der Waals surface area contributed by atoms with Gasteiger partial charge < -0.3 is 20.2 Å². The molecular weight excluding hydrogens is 320 g/mol. The van der Waals surface area contributed by atoms with E-state index in [1.807, 2.05) is 24.3 Å². The molecule has 2 aromatic carbocycles. The lowest BCUT2D eigenvalue weighted by molar-refractivity contribution is -0.116. The molecule has 0 aliphatic carbocycles. The van der Waals surface area contributed by atoms with E-state index in [4.69, 9.17) is 14.9 Å². The van der Waals surface area contributed by atoms with Gasteiger partial charge in [0.15, 0.2) is 0 Å². The van der Waals surface area contributed by atoms with Crippen molar-refractivity contribution in [2.45, 2.75) is 12.8 Å². The molecule has 25 heavy (non-hydrogen) atoms. The number of aryl methyl sites for hydroxylation is 1. The Bertz CT molecular complexity index is 930. The SMILES string of the molecule is COc1cccc(CCC(=O)Nc2c(C(N)=O)oc3ccccc23)c1. The zero-order chi connectivity index (χ0) is 17.8. The third-order valence-electron chi connectivity index (χ3n) is 3.86. The van der Waals surface area contributed by atoms with Crippen molar-refractivity contribution in [3.05, 3.63) is 59.9 Å². The second-order valence-electron chi connectivity index (χ2n) is 5.57. The standard InChI is InChI=1S/C19H18N2O4/c1-24-13-6-4-5-12(11-13)9-10-16(22)21-17-14-7-2-3-8-15(14)25-18(17)19(20)23/h2-8,11H,9-10H2,1H3,(H2,20,23)(H,21,22). The molecule has 0 aliphatic rings. The summed E-state index contributed by atoms with van der Waals surface area (Å²) < 4.78 is 10.6. The monoisotopic (exact) mass is 338 g/mol. The molecule has 0 spiro atoms. The molecule has 0 unspecified atom stereocenters. The first-order valence-electron chi connectivity index (χ1n) is 7.82. The summed E-state index contributed by atoms with van der Waals surface area (Å²) in [5.74, 6) is -0.248. The number of fused-ring (bicyclic) bond motifs is 1. The predicted octanol–water partition coefficient (Wildman–Crippen LogP) is 3.11. The Morgan fingerprint density at radius 3 is 2.72 bits per heavy atom. The number of rotatable bonds is 6. The molecule has 128 valence electrons. The van der Waals surface area contributed by atoms with E-state index < -0.39 is 5.91 Å². The van der Waals surface area contributed by atoms with Gasteiger partial charge in [-0.25, -0.2) is 0 Å². The van der Waals surface area contributed by atoms with Crippen molar-refractivity contribution >= 4 is 28.5 Å². The van der Waals surface area contributed by atoms with Crippen molar-refractivity contribution in [2.24, 2.45) is 5.73 Å². The second-order valence-corrected chi connectivity index (χ2v) is 5.57. The van der Waals surface area contributed by atoms with Gasteiger partial charge in [-0.3, -0.25) is 9.59 Å². The topological polar surface area (TPSA) is 94.6 Å². The zero-order valence-corrected chi connectivity index (χ0v) is 13.7. The normalized spacial score (nSPS) is 10.6. The van der Waals surface area contributed by atoms with Crippen molar-refractivity contribution in [3.63, 3.8) is 0 Å². The van der Waals surface area contributed by atoms with E-state index in [2.05, 4.69) is 5.32 Å². The minimum Gasteiger partial charge on any atom is -0.497 e. The van der Waals surface area contributed by atoms with Crippen molar-refractivity contribution in [3.8, 4) is 5.75 Å². The summed E-state index contributed by atoms with van der Waals surface area (Å²) in [7, 11) is 1.60. The molecule has 1 heterocycles. The fraction of sp³-hybridized carbons (Fsp3) is 0.158. The number of benzene rings is 2. The van der Waals surface area contributed by atoms with E-state index in [1.165, 1.54) is 0 Å². The first kappa shape index (κ1) is 16.6. The Morgan fingerprint density at radius 1 is 1.16 bits per heavy atom. The van der Waals surface area contributed by atoms with Crippen molar-refractivity contribution in [1.29, 1.82) is 0 Å². The average molecular weight is 338 g/mol. The number of nitrogens with one attached hydrogen (secondary N) is 1. The lowest BCUT2D eigenvalue weighted by atomic mass is 10.1. The van der Waals surface area contributed by atoms with E-state index in [9.17, 15) is 9.59 Å². The molecule has 0 atom stereocenters. The van der Waals surface area contributed by atoms with Gasteiger partial charge in [0.25, 0.3) is 5.91 Å². The van der Waals surface area contributed by atoms with Gasteiger partial charge in [0.2, 0.25) is 11.7 Å². The number of nitrogens with two attached hydrogens (primary N) is 1. The van der Waals surface area contributed by atoms with E-state index in [0.29, 0.717) is 23.1 Å². The predicted molar refractivity (Wildman–Crippen MR) is 94.7 cm³/mol. The highest BCUT2D eigenvalue weighted by Crippen LogP contribution is 2.30. The number of hydrogen-bond acceptors (Lipinski definition) is 4.